The molecule has 1 N–H and O–H groups in total. The molecule has 0 heterocycles. The third-order valence-corrected chi connectivity index (χ3v) is 2.91. The molecule has 0 amide bonds. The van der Waals surface area contributed by atoms with Gasteiger partial charge in [-0.15, -0.1) is 0 Å². The van der Waals surface area contributed by atoms with E-state index in [0.717, 1.165) is 6.54 Å². The maximum absolute atomic E-state index is 8.34. The summed E-state index contributed by atoms with van der Waals surface area (Å²) in [5.74, 6) is 0.696. The van der Waals surface area contributed by atoms with Crippen LogP contribution < -0.4 is 5.32 Å². The Balaban J connectivity index is 2.40. The fourth-order valence-corrected chi connectivity index (χ4v) is 1.95. The van der Waals surface area contributed by atoms with Crippen molar-refractivity contribution in [2.24, 2.45) is 11.3 Å². The fraction of sp³-hybridized carbons (Fsp3) is 0.889. The van der Waals surface area contributed by atoms with Gasteiger partial charge in [-0.25, -0.2) is 0 Å². The molecule has 1 rings (SSSR count). The number of nitrogens with zero attached hydrogens (tertiary/aromatic N) is 1. The van der Waals surface area contributed by atoms with Crippen molar-refractivity contribution in [3.8, 4) is 6.19 Å². The Morgan fingerprint density at radius 2 is 2.36 bits per heavy atom. The van der Waals surface area contributed by atoms with E-state index in [2.05, 4.69) is 19.2 Å². The number of nitrogens with one attached hydrogen (secondary N) is 1. The maximum atomic E-state index is 8.34. The van der Waals surface area contributed by atoms with Crippen molar-refractivity contribution in [1.29, 1.82) is 5.26 Å². The van der Waals surface area contributed by atoms with E-state index in [1.165, 1.54) is 19.3 Å². The van der Waals surface area contributed by atoms with Crippen LogP contribution in [-0.4, -0.2) is 6.54 Å². The molecule has 1 atom stereocenters. The van der Waals surface area contributed by atoms with Gasteiger partial charge in [0.25, 0.3) is 0 Å². The number of hydrogen-bond donors (Lipinski definition) is 1. The summed E-state index contributed by atoms with van der Waals surface area (Å²) >= 11 is 0. The summed E-state index contributed by atoms with van der Waals surface area (Å²) in [6, 6.07) is 0. The van der Waals surface area contributed by atoms with E-state index < -0.39 is 0 Å². The third kappa shape index (κ3) is 1.86. The largest absolute Gasteiger partial charge is 0.324 e. The van der Waals surface area contributed by atoms with Crippen LogP contribution in [-0.2, 0) is 0 Å². The second kappa shape index (κ2) is 3.13. The lowest BCUT2D eigenvalue weighted by molar-refractivity contribution is 0.259. The van der Waals surface area contributed by atoms with Gasteiger partial charge < -0.3 is 5.32 Å². The van der Waals surface area contributed by atoms with Gasteiger partial charge in [-0.2, -0.15) is 5.26 Å². The summed E-state index contributed by atoms with van der Waals surface area (Å²) in [4.78, 5) is 0. The summed E-state index contributed by atoms with van der Waals surface area (Å²) in [6.07, 6.45) is 5.90. The van der Waals surface area contributed by atoms with Gasteiger partial charge in [-0.3, -0.25) is 0 Å². The molecule has 0 aromatic carbocycles. The topological polar surface area (TPSA) is 35.8 Å². The highest BCUT2D eigenvalue weighted by molar-refractivity contribution is 4.87. The highest BCUT2D eigenvalue weighted by Crippen LogP contribution is 2.41. The molecule has 2 nitrogen and oxygen atoms in total. The zero-order chi connectivity index (χ0) is 8.32. The normalized spacial score (nSPS) is 27.9. The van der Waals surface area contributed by atoms with E-state index in [1.54, 1.807) is 0 Å². The fourth-order valence-electron chi connectivity index (χ4n) is 1.95. The average molecular weight is 152 g/mol. The molecular formula is C9H16N2. The van der Waals surface area contributed by atoms with Crippen molar-refractivity contribution in [2.45, 2.75) is 33.1 Å². The molecule has 1 saturated carbocycles. The van der Waals surface area contributed by atoms with Crippen molar-refractivity contribution in [3.05, 3.63) is 0 Å². The molecule has 0 aliphatic heterocycles. The zero-order valence-corrected chi connectivity index (χ0v) is 7.35. The minimum atomic E-state index is 0.448. The van der Waals surface area contributed by atoms with Crippen LogP contribution in [0.15, 0.2) is 0 Å². The third-order valence-electron chi connectivity index (χ3n) is 2.91. The maximum Gasteiger partial charge on any atom is 0.176 e. The standard InChI is InChI=1S/C9H16N2/c1-9(2)5-3-4-8(9)6-11-7-10/h8,11H,3-6H2,1-2H3. The van der Waals surface area contributed by atoms with Crippen LogP contribution in [0.3, 0.4) is 0 Å². The van der Waals surface area contributed by atoms with Crippen LogP contribution in [0, 0.1) is 22.8 Å². The van der Waals surface area contributed by atoms with Gasteiger partial charge >= 0.3 is 0 Å². The second-order valence-electron chi connectivity index (χ2n) is 4.07. The molecule has 2 heteroatoms. The first-order valence-corrected chi connectivity index (χ1v) is 4.29. The highest BCUT2D eigenvalue weighted by Gasteiger charge is 2.33. The number of hydrogen-bond acceptors (Lipinski definition) is 2. The monoisotopic (exact) mass is 152 g/mol. The molecule has 0 radical (unpaired) electrons. The predicted octanol–water partition coefficient (Wildman–Crippen LogP) is 1.88. The Morgan fingerprint density at radius 1 is 1.64 bits per heavy atom. The summed E-state index contributed by atoms with van der Waals surface area (Å²) in [6.45, 7) is 5.46. The smallest absolute Gasteiger partial charge is 0.176 e. The lowest BCUT2D eigenvalue weighted by atomic mass is 9.82. The average Bonchev–Trinajstić information content (AvgIpc) is 2.25. The van der Waals surface area contributed by atoms with Crippen molar-refractivity contribution in [2.75, 3.05) is 6.54 Å². The molecule has 0 aromatic rings. The first kappa shape index (κ1) is 8.39. The zero-order valence-electron chi connectivity index (χ0n) is 7.35. The summed E-state index contributed by atoms with van der Waals surface area (Å²) in [7, 11) is 0. The summed E-state index contributed by atoms with van der Waals surface area (Å²) in [5.41, 5.74) is 0.448. The Labute approximate surface area is 68.6 Å². The van der Waals surface area contributed by atoms with Gasteiger partial charge in [0.2, 0.25) is 0 Å². The van der Waals surface area contributed by atoms with Crippen LogP contribution >= 0.6 is 0 Å². The SMILES string of the molecule is CC1(C)CCCC1CNC#N. The van der Waals surface area contributed by atoms with Crippen molar-refractivity contribution < 1.29 is 0 Å². The van der Waals surface area contributed by atoms with E-state index in [1.807, 2.05) is 6.19 Å². The van der Waals surface area contributed by atoms with Crippen molar-refractivity contribution >= 4 is 0 Å². The van der Waals surface area contributed by atoms with Gasteiger partial charge in [0.15, 0.2) is 6.19 Å². The van der Waals surface area contributed by atoms with Crippen LogP contribution in [0.25, 0.3) is 0 Å². The van der Waals surface area contributed by atoms with E-state index in [4.69, 9.17) is 5.26 Å². The number of nitriles is 1. The molecule has 1 unspecified atom stereocenters. The summed E-state index contributed by atoms with van der Waals surface area (Å²) < 4.78 is 0. The predicted molar refractivity (Wildman–Crippen MR) is 44.7 cm³/mol. The first-order valence-electron chi connectivity index (χ1n) is 4.29. The van der Waals surface area contributed by atoms with Gasteiger partial charge in [0, 0.05) is 6.54 Å². The minimum absolute atomic E-state index is 0.448. The number of rotatable bonds is 2. The molecule has 1 fully saturated rings. The van der Waals surface area contributed by atoms with Crippen LogP contribution in [0.5, 0.6) is 0 Å². The molecule has 11 heavy (non-hydrogen) atoms. The van der Waals surface area contributed by atoms with E-state index in [-0.39, 0.29) is 0 Å². The molecule has 0 bridgehead atoms. The van der Waals surface area contributed by atoms with Gasteiger partial charge in [-0.1, -0.05) is 20.3 Å². The Kier molecular flexibility index (Phi) is 2.38. The first-order chi connectivity index (χ1) is 5.17. The summed E-state index contributed by atoms with van der Waals surface area (Å²) in [5, 5.41) is 11.1. The molecule has 0 saturated heterocycles. The van der Waals surface area contributed by atoms with E-state index >= 15 is 0 Å². The molecule has 0 aromatic heterocycles. The van der Waals surface area contributed by atoms with Crippen molar-refractivity contribution in [1.82, 2.24) is 5.32 Å². The quantitative estimate of drug-likeness (QED) is 0.484. The molecule has 62 valence electrons. The van der Waals surface area contributed by atoms with Gasteiger partial charge in [0.05, 0.1) is 0 Å². The van der Waals surface area contributed by atoms with Gasteiger partial charge in [0.1, 0.15) is 0 Å². The van der Waals surface area contributed by atoms with E-state index in [9.17, 15) is 0 Å². The Hall–Kier alpha value is -0.710. The Morgan fingerprint density at radius 3 is 2.82 bits per heavy atom. The minimum Gasteiger partial charge on any atom is -0.324 e. The van der Waals surface area contributed by atoms with Crippen LogP contribution in [0.4, 0.5) is 0 Å². The molecule has 1 aliphatic rings. The van der Waals surface area contributed by atoms with Crippen LogP contribution in [0.1, 0.15) is 33.1 Å². The van der Waals surface area contributed by atoms with Crippen molar-refractivity contribution in [3.63, 3.8) is 0 Å². The van der Waals surface area contributed by atoms with Crippen LogP contribution in [0.2, 0.25) is 0 Å². The van der Waals surface area contributed by atoms with Gasteiger partial charge in [-0.05, 0) is 24.2 Å². The highest BCUT2D eigenvalue weighted by atomic mass is 14.9. The van der Waals surface area contributed by atoms with E-state index in [0.29, 0.717) is 11.3 Å². The molecular weight excluding hydrogens is 136 g/mol. The second-order valence-corrected chi connectivity index (χ2v) is 4.07. The lowest BCUT2D eigenvalue weighted by Crippen LogP contribution is -2.27. The molecule has 0 spiro atoms. The molecule has 1 aliphatic carbocycles. The lowest BCUT2D eigenvalue weighted by Gasteiger charge is -2.25. The Bertz CT molecular complexity index is 167.